The van der Waals surface area contributed by atoms with Gasteiger partial charge in [0.1, 0.15) is 5.65 Å². The Kier molecular flexibility index (Phi) is 2.17. The standard InChI is InChI=1S/C15H9BrN2O/c16-10-7-9-5-6-14-17-11-3-1-2-4-12(11)18(14)15(9)13(19)8-10/h1-7H,8H2. The average molecular weight is 313 g/mol. The van der Waals surface area contributed by atoms with Gasteiger partial charge in [-0.2, -0.15) is 0 Å². The highest BCUT2D eigenvalue weighted by atomic mass is 79.9. The Hall–Kier alpha value is -1.94. The topological polar surface area (TPSA) is 34.4 Å². The summed E-state index contributed by atoms with van der Waals surface area (Å²) in [7, 11) is 0. The van der Waals surface area contributed by atoms with Crippen LogP contribution in [0.5, 0.6) is 0 Å². The zero-order chi connectivity index (χ0) is 13.0. The van der Waals surface area contributed by atoms with Gasteiger partial charge in [0.2, 0.25) is 0 Å². The molecule has 92 valence electrons. The lowest BCUT2D eigenvalue weighted by Gasteiger charge is -2.14. The highest BCUT2D eigenvalue weighted by Crippen LogP contribution is 2.30. The Labute approximate surface area is 117 Å². The maximum absolute atomic E-state index is 12.3. The van der Waals surface area contributed by atoms with Crippen molar-refractivity contribution in [1.82, 2.24) is 9.38 Å². The van der Waals surface area contributed by atoms with Gasteiger partial charge in [-0.05, 0) is 30.3 Å². The van der Waals surface area contributed by atoms with Crippen molar-refractivity contribution in [2.24, 2.45) is 0 Å². The summed E-state index contributed by atoms with van der Waals surface area (Å²) in [5.74, 6) is 0.123. The number of allylic oxidation sites excluding steroid dienone is 1. The Balaban J connectivity index is 2.24. The van der Waals surface area contributed by atoms with Gasteiger partial charge in [-0.1, -0.05) is 28.1 Å². The second kappa shape index (κ2) is 3.78. The Morgan fingerprint density at radius 1 is 1.16 bits per heavy atom. The van der Waals surface area contributed by atoms with E-state index in [0.717, 1.165) is 32.4 Å². The number of Topliss-reactive ketones (excluding diaryl/α,β-unsaturated/α-hetero) is 1. The maximum atomic E-state index is 12.3. The van der Waals surface area contributed by atoms with Crippen LogP contribution in [0.4, 0.5) is 0 Å². The molecule has 4 rings (SSSR count). The van der Waals surface area contributed by atoms with Crippen molar-refractivity contribution in [3.63, 3.8) is 0 Å². The first-order valence-corrected chi connectivity index (χ1v) is 6.83. The third-order valence-corrected chi connectivity index (χ3v) is 3.91. The number of hydrogen-bond acceptors (Lipinski definition) is 2. The lowest BCUT2D eigenvalue weighted by Crippen LogP contribution is -2.12. The number of imidazole rings is 1. The lowest BCUT2D eigenvalue weighted by atomic mass is 10.0. The minimum absolute atomic E-state index is 0.123. The van der Waals surface area contributed by atoms with Crippen LogP contribution in [0, 0.1) is 0 Å². The molecule has 0 amide bonds. The fraction of sp³-hybridized carbons (Fsp3) is 0.0667. The van der Waals surface area contributed by atoms with Gasteiger partial charge in [-0.3, -0.25) is 9.20 Å². The summed E-state index contributed by atoms with van der Waals surface area (Å²) in [6.07, 6.45) is 2.42. The molecule has 3 nitrogen and oxygen atoms in total. The fourth-order valence-corrected chi connectivity index (χ4v) is 3.12. The molecule has 4 heteroatoms. The summed E-state index contributed by atoms with van der Waals surface area (Å²) >= 11 is 3.42. The average Bonchev–Trinajstić information content (AvgIpc) is 2.76. The molecule has 19 heavy (non-hydrogen) atoms. The second-order valence-electron chi connectivity index (χ2n) is 4.62. The molecule has 0 radical (unpaired) electrons. The van der Waals surface area contributed by atoms with Crippen molar-refractivity contribution < 1.29 is 4.79 Å². The highest BCUT2D eigenvalue weighted by molar-refractivity contribution is 9.11. The van der Waals surface area contributed by atoms with E-state index in [2.05, 4.69) is 20.9 Å². The molecule has 0 N–H and O–H groups in total. The molecule has 1 aromatic carbocycles. The van der Waals surface area contributed by atoms with E-state index in [1.54, 1.807) is 0 Å². The molecule has 3 aromatic rings. The quantitative estimate of drug-likeness (QED) is 0.632. The number of para-hydroxylation sites is 2. The van der Waals surface area contributed by atoms with Gasteiger partial charge in [0, 0.05) is 16.5 Å². The van der Waals surface area contributed by atoms with Gasteiger partial charge in [0.05, 0.1) is 16.7 Å². The van der Waals surface area contributed by atoms with Crippen molar-refractivity contribution in [2.75, 3.05) is 0 Å². The van der Waals surface area contributed by atoms with E-state index in [1.807, 2.05) is 46.9 Å². The molecule has 0 spiro atoms. The van der Waals surface area contributed by atoms with Crippen LogP contribution < -0.4 is 0 Å². The molecule has 0 saturated carbocycles. The molecule has 0 fully saturated rings. The van der Waals surface area contributed by atoms with Crippen LogP contribution in [0.15, 0.2) is 40.9 Å². The summed E-state index contributed by atoms with van der Waals surface area (Å²) in [5, 5.41) is 0. The minimum Gasteiger partial charge on any atom is -0.292 e. The third kappa shape index (κ3) is 1.50. The van der Waals surface area contributed by atoms with Gasteiger partial charge in [0.15, 0.2) is 5.78 Å². The van der Waals surface area contributed by atoms with Crippen LogP contribution in [0.25, 0.3) is 22.8 Å². The fourth-order valence-electron chi connectivity index (χ4n) is 2.62. The summed E-state index contributed by atoms with van der Waals surface area (Å²) in [6.45, 7) is 0. The molecule has 0 atom stereocenters. The normalized spacial score (nSPS) is 14.8. The molecule has 1 aliphatic carbocycles. The number of benzene rings is 1. The first kappa shape index (κ1) is 10.9. The number of ketones is 1. The van der Waals surface area contributed by atoms with Gasteiger partial charge in [0.25, 0.3) is 0 Å². The molecular weight excluding hydrogens is 304 g/mol. The van der Waals surface area contributed by atoms with Crippen molar-refractivity contribution >= 4 is 44.5 Å². The van der Waals surface area contributed by atoms with E-state index in [-0.39, 0.29) is 5.78 Å². The molecule has 2 aromatic heterocycles. The van der Waals surface area contributed by atoms with Crippen LogP contribution >= 0.6 is 15.9 Å². The summed E-state index contributed by atoms with van der Waals surface area (Å²) < 4.78 is 2.89. The monoisotopic (exact) mass is 312 g/mol. The summed E-state index contributed by atoms with van der Waals surface area (Å²) in [6, 6.07) is 11.8. The van der Waals surface area contributed by atoms with E-state index < -0.39 is 0 Å². The summed E-state index contributed by atoms with van der Waals surface area (Å²) in [5.41, 5.74) is 4.39. The van der Waals surface area contributed by atoms with Crippen LogP contribution in [-0.2, 0) is 0 Å². The zero-order valence-electron chi connectivity index (χ0n) is 9.93. The Morgan fingerprint density at radius 3 is 2.89 bits per heavy atom. The number of rotatable bonds is 0. The van der Waals surface area contributed by atoms with Crippen molar-refractivity contribution in [2.45, 2.75) is 6.42 Å². The maximum Gasteiger partial charge on any atom is 0.185 e. The van der Waals surface area contributed by atoms with Crippen LogP contribution in [0.1, 0.15) is 22.5 Å². The predicted octanol–water partition coefficient (Wildman–Crippen LogP) is 3.81. The Bertz CT molecular complexity index is 876. The SMILES string of the molecule is O=C1CC(Br)=Cc2ccc3nc4ccccc4n3c21. The van der Waals surface area contributed by atoms with Gasteiger partial charge >= 0.3 is 0 Å². The number of aromatic nitrogens is 2. The lowest BCUT2D eigenvalue weighted by molar-refractivity contribution is 0.0988. The number of pyridine rings is 1. The number of hydrogen-bond donors (Lipinski definition) is 0. The first-order chi connectivity index (χ1) is 9.24. The van der Waals surface area contributed by atoms with Crippen LogP contribution in [0.3, 0.4) is 0 Å². The molecule has 0 saturated heterocycles. The van der Waals surface area contributed by atoms with Crippen LogP contribution in [-0.4, -0.2) is 15.2 Å². The first-order valence-electron chi connectivity index (χ1n) is 6.03. The number of halogens is 1. The molecular formula is C15H9BrN2O. The van der Waals surface area contributed by atoms with Gasteiger partial charge < -0.3 is 0 Å². The van der Waals surface area contributed by atoms with E-state index in [4.69, 9.17) is 0 Å². The number of carbonyl (C=O) groups excluding carboxylic acids is 1. The van der Waals surface area contributed by atoms with E-state index in [0.29, 0.717) is 6.42 Å². The van der Waals surface area contributed by atoms with Crippen molar-refractivity contribution in [1.29, 1.82) is 0 Å². The van der Waals surface area contributed by atoms with Gasteiger partial charge in [-0.15, -0.1) is 0 Å². The van der Waals surface area contributed by atoms with Gasteiger partial charge in [-0.25, -0.2) is 4.98 Å². The smallest absolute Gasteiger partial charge is 0.185 e. The second-order valence-corrected chi connectivity index (χ2v) is 5.64. The summed E-state index contributed by atoms with van der Waals surface area (Å²) in [4.78, 5) is 16.9. The minimum atomic E-state index is 0.123. The van der Waals surface area contributed by atoms with E-state index in [9.17, 15) is 4.79 Å². The molecule has 0 unspecified atom stereocenters. The molecule has 2 heterocycles. The molecule has 0 bridgehead atoms. The number of fused-ring (bicyclic) bond motifs is 5. The van der Waals surface area contributed by atoms with E-state index >= 15 is 0 Å². The number of nitrogens with zero attached hydrogens (tertiary/aromatic N) is 2. The predicted molar refractivity (Wildman–Crippen MR) is 78.5 cm³/mol. The third-order valence-electron chi connectivity index (χ3n) is 3.40. The molecule has 0 aliphatic heterocycles. The number of carbonyl (C=O) groups is 1. The van der Waals surface area contributed by atoms with E-state index in [1.165, 1.54) is 0 Å². The molecule has 1 aliphatic rings. The van der Waals surface area contributed by atoms with Crippen molar-refractivity contribution in [3.05, 3.63) is 52.1 Å². The van der Waals surface area contributed by atoms with Crippen LogP contribution in [0.2, 0.25) is 0 Å². The Morgan fingerprint density at radius 2 is 2.00 bits per heavy atom. The zero-order valence-corrected chi connectivity index (χ0v) is 11.5. The highest BCUT2D eigenvalue weighted by Gasteiger charge is 2.21. The largest absolute Gasteiger partial charge is 0.292 e. The van der Waals surface area contributed by atoms with Crippen molar-refractivity contribution in [3.8, 4) is 0 Å².